The molecule has 0 heterocycles. The topological polar surface area (TPSA) is 0 Å². The quantitative estimate of drug-likeness (QED) is 0.527. The van der Waals surface area contributed by atoms with Crippen LogP contribution in [-0.4, -0.2) is 0 Å². The van der Waals surface area contributed by atoms with E-state index in [-0.39, 0.29) is 0 Å². The highest BCUT2D eigenvalue weighted by molar-refractivity contribution is 5.36. The lowest BCUT2D eigenvalue weighted by molar-refractivity contribution is 0.304. The summed E-state index contributed by atoms with van der Waals surface area (Å²) >= 11 is 0. The van der Waals surface area contributed by atoms with Crippen molar-refractivity contribution in [2.75, 3.05) is 0 Å². The van der Waals surface area contributed by atoms with E-state index in [1.807, 2.05) is 0 Å². The molecule has 0 saturated heterocycles. The SMILES string of the molecule is CCCCC1CCC(c2ccc3c(c2)CCC(CCC)C3)CC1. The van der Waals surface area contributed by atoms with Gasteiger partial charge in [0.25, 0.3) is 0 Å². The Morgan fingerprint density at radius 1 is 0.826 bits per heavy atom. The molecule has 1 saturated carbocycles. The van der Waals surface area contributed by atoms with Crippen LogP contribution in [0.2, 0.25) is 0 Å². The molecule has 0 radical (unpaired) electrons. The van der Waals surface area contributed by atoms with Gasteiger partial charge < -0.3 is 0 Å². The molecule has 0 amide bonds. The first-order valence-electron chi connectivity index (χ1n) is 10.4. The molecule has 1 unspecified atom stereocenters. The van der Waals surface area contributed by atoms with Crippen molar-refractivity contribution in [3.05, 3.63) is 34.9 Å². The fraction of sp³-hybridized carbons (Fsp3) is 0.739. The zero-order chi connectivity index (χ0) is 16.1. The Kier molecular flexibility index (Phi) is 6.20. The van der Waals surface area contributed by atoms with E-state index in [4.69, 9.17) is 0 Å². The van der Waals surface area contributed by atoms with Crippen molar-refractivity contribution >= 4 is 0 Å². The summed E-state index contributed by atoms with van der Waals surface area (Å²) in [6.07, 6.45) is 17.0. The van der Waals surface area contributed by atoms with E-state index >= 15 is 0 Å². The van der Waals surface area contributed by atoms with E-state index in [2.05, 4.69) is 32.0 Å². The molecule has 1 fully saturated rings. The highest BCUT2D eigenvalue weighted by atomic mass is 14.3. The van der Waals surface area contributed by atoms with E-state index in [1.54, 1.807) is 16.7 Å². The second kappa shape index (κ2) is 8.36. The number of fused-ring (bicyclic) bond motifs is 1. The van der Waals surface area contributed by atoms with Gasteiger partial charge in [-0.1, -0.05) is 64.2 Å². The van der Waals surface area contributed by atoms with Crippen molar-refractivity contribution in [3.8, 4) is 0 Å². The molecule has 0 spiro atoms. The number of hydrogen-bond donors (Lipinski definition) is 0. The van der Waals surface area contributed by atoms with Crippen LogP contribution >= 0.6 is 0 Å². The monoisotopic (exact) mass is 312 g/mol. The Balaban J connectivity index is 1.58. The van der Waals surface area contributed by atoms with Crippen molar-refractivity contribution < 1.29 is 0 Å². The van der Waals surface area contributed by atoms with Gasteiger partial charge in [0.05, 0.1) is 0 Å². The second-order valence-electron chi connectivity index (χ2n) is 8.29. The zero-order valence-electron chi connectivity index (χ0n) is 15.4. The summed E-state index contributed by atoms with van der Waals surface area (Å²) in [6, 6.07) is 7.55. The van der Waals surface area contributed by atoms with Crippen LogP contribution in [0.3, 0.4) is 0 Å². The molecular formula is C23H36. The first kappa shape index (κ1) is 17.1. The summed E-state index contributed by atoms with van der Waals surface area (Å²) in [7, 11) is 0. The van der Waals surface area contributed by atoms with Crippen LogP contribution in [0, 0.1) is 11.8 Å². The van der Waals surface area contributed by atoms with Gasteiger partial charge in [0.15, 0.2) is 0 Å². The van der Waals surface area contributed by atoms with Crippen molar-refractivity contribution in [1.82, 2.24) is 0 Å². The van der Waals surface area contributed by atoms with Crippen LogP contribution in [0.25, 0.3) is 0 Å². The Morgan fingerprint density at radius 3 is 2.39 bits per heavy atom. The van der Waals surface area contributed by atoms with Crippen molar-refractivity contribution in [2.45, 2.75) is 96.8 Å². The Bertz CT molecular complexity index is 479. The van der Waals surface area contributed by atoms with Crippen LogP contribution in [0.4, 0.5) is 0 Å². The zero-order valence-corrected chi connectivity index (χ0v) is 15.4. The molecule has 2 aliphatic carbocycles. The summed E-state index contributed by atoms with van der Waals surface area (Å²) in [5, 5.41) is 0. The molecule has 1 aromatic rings. The van der Waals surface area contributed by atoms with Gasteiger partial charge in [-0.15, -0.1) is 0 Å². The Hall–Kier alpha value is -0.780. The smallest absolute Gasteiger partial charge is 0.0162 e. The first-order chi connectivity index (χ1) is 11.3. The summed E-state index contributed by atoms with van der Waals surface area (Å²) in [5.41, 5.74) is 5.00. The number of aryl methyl sites for hydroxylation is 1. The van der Waals surface area contributed by atoms with E-state index < -0.39 is 0 Å². The summed E-state index contributed by atoms with van der Waals surface area (Å²) in [6.45, 7) is 4.65. The molecule has 23 heavy (non-hydrogen) atoms. The van der Waals surface area contributed by atoms with Crippen LogP contribution < -0.4 is 0 Å². The largest absolute Gasteiger partial charge is 0.0654 e. The number of benzene rings is 1. The van der Waals surface area contributed by atoms with Gasteiger partial charge in [-0.3, -0.25) is 0 Å². The maximum absolute atomic E-state index is 2.59. The standard InChI is InChI=1S/C23H36/c1-3-5-7-18-8-11-20(12-9-18)22-15-14-21-16-19(6-4-2)10-13-23(21)17-22/h14-15,17-20H,3-13,16H2,1-2H3. The molecule has 2 aliphatic rings. The fourth-order valence-corrected chi connectivity index (χ4v) is 5.04. The molecule has 0 heteroatoms. The average molecular weight is 313 g/mol. The van der Waals surface area contributed by atoms with Crippen LogP contribution in [0.5, 0.6) is 0 Å². The van der Waals surface area contributed by atoms with Crippen molar-refractivity contribution in [1.29, 1.82) is 0 Å². The molecule has 0 bridgehead atoms. The molecular weight excluding hydrogens is 276 g/mol. The second-order valence-corrected chi connectivity index (χ2v) is 8.29. The summed E-state index contributed by atoms with van der Waals surface area (Å²) < 4.78 is 0. The molecule has 3 rings (SSSR count). The van der Waals surface area contributed by atoms with Gasteiger partial charge in [-0.05, 0) is 79.4 Å². The third kappa shape index (κ3) is 4.40. The number of hydrogen-bond acceptors (Lipinski definition) is 0. The first-order valence-corrected chi connectivity index (χ1v) is 10.4. The number of unbranched alkanes of at least 4 members (excludes halogenated alkanes) is 1. The Morgan fingerprint density at radius 2 is 1.65 bits per heavy atom. The lowest BCUT2D eigenvalue weighted by Crippen LogP contribution is -2.16. The minimum Gasteiger partial charge on any atom is -0.0654 e. The van der Waals surface area contributed by atoms with Gasteiger partial charge in [0.2, 0.25) is 0 Å². The van der Waals surface area contributed by atoms with Crippen molar-refractivity contribution in [2.24, 2.45) is 11.8 Å². The number of rotatable bonds is 6. The lowest BCUT2D eigenvalue weighted by Gasteiger charge is -2.30. The highest BCUT2D eigenvalue weighted by Gasteiger charge is 2.24. The third-order valence-electron chi connectivity index (χ3n) is 6.54. The molecule has 128 valence electrons. The molecule has 1 aromatic carbocycles. The molecule has 0 aromatic heterocycles. The predicted octanol–water partition coefficient (Wildman–Crippen LogP) is 7.06. The van der Waals surface area contributed by atoms with Crippen LogP contribution in [0.1, 0.15) is 101 Å². The van der Waals surface area contributed by atoms with Gasteiger partial charge in [-0.2, -0.15) is 0 Å². The minimum atomic E-state index is 0.853. The van der Waals surface area contributed by atoms with Gasteiger partial charge in [0, 0.05) is 0 Å². The normalized spacial score (nSPS) is 27.7. The fourth-order valence-electron chi connectivity index (χ4n) is 5.04. The van der Waals surface area contributed by atoms with Gasteiger partial charge in [-0.25, -0.2) is 0 Å². The molecule has 0 nitrogen and oxygen atoms in total. The predicted molar refractivity (Wildman–Crippen MR) is 101 cm³/mol. The van der Waals surface area contributed by atoms with E-state index in [9.17, 15) is 0 Å². The highest BCUT2D eigenvalue weighted by Crippen LogP contribution is 2.39. The van der Waals surface area contributed by atoms with Gasteiger partial charge in [0.1, 0.15) is 0 Å². The van der Waals surface area contributed by atoms with Gasteiger partial charge >= 0.3 is 0 Å². The van der Waals surface area contributed by atoms with Crippen LogP contribution in [-0.2, 0) is 12.8 Å². The van der Waals surface area contributed by atoms with E-state index in [0.717, 1.165) is 17.8 Å². The lowest BCUT2D eigenvalue weighted by atomic mass is 9.75. The minimum absolute atomic E-state index is 0.853. The maximum atomic E-state index is 2.59. The van der Waals surface area contributed by atoms with E-state index in [1.165, 1.54) is 77.0 Å². The average Bonchev–Trinajstić information content (AvgIpc) is 2.60. The summed E-state index contributed by atoms with van der Waals surface area (Å²) in [5.74, 6) is 2.83. The van der Waals surface area contributed by atoms with Crippen LogP contribution in [0.15, 0.2) is 18.2 Å². The third-order valence-corrected chi connectivity index (χ3v) is 6.54. The van der Waals surface area contributed by atoms with Crippen molar-refractivity contribution in [3.63, 3.8) is 0 Å². The van der Waals surface area contributed by atoms with E-state index in [0.29, 0.717) is 0 Å². The molecule has 1 atom stereocenters. The maximum Gasteiger partial charge on any atom is -0.0162 e. The summed E-state index contributed by atoms with van der Waals surface area (Å²) in [4.78, 5) is 0. The molecule has 0 aliphatic heterocycles. The molecule has 0 N–H and O–H groups in total. The Labute approximate surface area is 144 Å².